The van der Waals surface area contributed by atoms with Gasteiger partial charge in [-0.05, 0) is 37.1 Å². The number of aromatic nitrogens is 1. The summed E-state index contributed by atoms with van der Waals surface area (Å²) in [6, 6.07) is 11.4. The van der Waals surface area contributed by atoms with Crippen molar-refractivity contribution >= 4 is 36.4 Å². The highest BCUT2D eigenvalue weighted by Crippen LogP contribution is 2.25. The smallest absolute Gasteiger partial charge is 0.224 e. The first-order valence-electron chi connectivity index (χ1n) is 9.43. The molecule has 0 unspecified atom stereocenters. The van der Waals surface area contributed by atoms with Crippen LogP contribution in [-0.2, 0) is 24.2 Å². The number of hydrogen-bond donors (Lipinski definition) is 2. The van der Waals surface area contributed by atoms with Crippen LogP contribution in [0.4, 0.5) is 10.1 Å². The average Bonchev–Trinajstić information content (AvgIpc) is 3.18. The highest BCUT2D eigenvalue weighted by molar-refractivity contribution is 5.91. The van der Waals surface area contributed by atoms with Crippen LogP contribution in [-0.4, -0.2) is 17.4 Å². The second-order valence-electron chi connectivity index (χ2n) is 7.02. The van der Waals surface area contributed by atoms with Gasteiger partial charge < -0.3 is 15.1 Å². The van der Waals surface area contributed by atoms with Crippen LogP contribution in [0.2, 0.25) is 0 Å². The zero-order chi connectivity index (χ0) is 19.5. The number of aryl methyl sites for hydroxylation is 2. The minimum absolute atomic E-state index is 0. The van der Waals surface area contributed by atoms with Crippen LogP contribution in [0, 0.1) is 12.7 Å². The van der Waals surface area contributed by atoms with Crippen molar-refractivity contribution < 1.29 is 13.6 Å². The van der Waals surface area contributed by atoms with Gasteiger partial charge in [-0.25, -0.2) is 9.37 Å². The molecular weight excluding hydrogens is 428 g/mol. The van der Waals surface area contributed by atoms with E-state index in [2.05, 4.69) is 15.6 Å². The Bertz CT molecular complexity index is 1010. The van der Waals surface area contributed by atoms with Crippen molar-refractivity contribution in [2.45, 2.75) is 32.7 Å². The first-order valence-corrected chi connectivity index (χ1v) is 9.43. The van der Waals surface area contributed by atoms with Crippen LogP contribution in [0.25, 0.3) is 11.3 Å². The number of fused-ring (bicyclic) bond motifs is 1. The number of nitrogens with zero attached hydrogens (tertiary/aromatic N) is 1. The normalized spacial score (nSPS) is 12.3. The number of halogens is 3. The van der Waals surface area contributed by atoms with Gasteiger partial charge in [0.25, 0.3) is 0 Å². The van der Waals surface area contributed by atoms with Gasteiger partial charge >= 0.3 is 0 Å². The van der Waals surface area contributed by atoms with Gasteiger partial charge in [-0.1, -0.05) is 35.9 Å². The molecule has 0 atom stereocenters. The van der Waals surface area contributed by atoms with Gasteiger partial charge in [0.2, 0.25) is 5.91 Å². The molecule has 8 heteroatoms. The summed E-state index contributed by atoms with van der Waals surface area (Å²) in [4.78, 5) is 16.5. The van der Waals surface area contributed by atoms with Crippen LogP contribution in [0.15, 0.2) is 47.0 Å². The van der Waals surface area contributed by atoms with E-state index in [1.54, 1.807) is 12.3 Å². The van der Waals surface area contributed by atoms with Gasteiger partial charge in [-0.3, -0.25) is 4.79 Å². The molecule has 1 aliphatic rings. The summed E-state index contributed by atoms with van der Waals surface area (Å²) >= 11 is 0. The van der Waals surface area contributed by atoms with Crippen molar-refractivity contribution in [2.24, 2.45) is 0 Å². The van der Waals surface area contributed by atoms with Crippen molar-refractivity contribution in [3.63, 3.8) is 0 Å². The summed E-state index contributed by atoms with van der Waals surface area (Å²) in [5.74, 6) is 0.570. The number of benzene rings is 2. The standard InChI is InChI=1S/C22H22FN3O2.2ClH/c1-14-2-4-15(5-3-14)19-13-25-21(28-19)9-8-20(27)26-18-7-6-16-12-24-11-10-17(16)22(18)23;;/h2-7,13,24H,8-12H2,1H3,(H,26,27);2*1H. The monoisotopic (exact) mass is 451 g/mol. The maximum atomic E-state index is 14.6. The van der Waals surface area contributed by atoms with Crippen LogP contribution < -0.4 is 10.6 Å². The number of oxazole rings is 1. The molecular formula is C22H24Cl2FN3O2. The molecule has 30 heavy (non-hydrogen) atoms. The fourth-order valence-electron chi connectivity index (χ4n) is 3.34. The summed E-state index contributed by atoms with van der Waals surface area (Å²) in [6.45, 7) is 3.43. The molecule has 0 fully saturated rings. The number of hydrogen-bond acceptors (Lipinski definition) is 4. The second-order valence-corrected chi connectivity index (χ2v) is 7.02. The lowest BCUT2D eigenvalue weighted by Gasteiger charge is -2.19. The van der Waals surface area contributed by atoms with E-state index >= 15 is 0 Å². The lowest BCUT2D eigenvalue weighted by Crippen LogP contribution is -2.25. The highest BCUT2D eigenvalue weighted by Gasteiger charge is 2.18. The molecule has 2 aromatic carbocycles. The van der Waals surface area contributed by atoms with E-state index in [9.17, 15) is 9.18 Å². The average molecular weight is 452 g/mol. The Morgan fingerprint density at radius 2 is 1.97 bits per heavy atom. The maximum absolute atomic E-state index is 14.6. The topological polar surface area (TPSA) is 67.2 Å². The highest BCUT2D eigenvalue weighted by atomic mass is 35.5. The minimum Gasteiger partial charge on any atom is -0.441 e. The predicted octanol–water partition coefficient (Wildman–Crippen LogP) is 4.85. The fraction of sp³-hybridized carbons (Fsp3) is 0.273. The van der Waals surface area contributed by atoms with E-state index < -0.39 is 0 Å². The van der Waals surface area contributed by atoms with Crippen molar-refractivity contribution in [3.8, 4) is 11.3 Å². The summed E-state index contributed by atoms with van der Waals surface area (Å²) < 4.78 is 20.4. The third-order valence-electron chi connectivity index (χ3n) is 4.94. The van der Waals surface area contributed by atoms with Crippen LogP contribution in [0.5, 0.6) is 0 Å². The molecule has 1 aromatic heterocycles. The SMILES string of the molecule is Cc1ccc(-c2cnc(CCC(=O)Nc3ccc4c(c3F)CCNC4)o2)cc1.Cl.Cl. The van der Waals surface area contributed by atoms with Crippen molar-refractivity contribution in [3.05, 3.63) is 71.0 Å². The molecule has 0 aliphatic carbocycles. The van der Waals surface area contributed by atoms with E-state index in [1.165, 1.54) is 5.56 Å². The molecule has 2 N–H and O–H groups in total. The van der Waals surface area contributed by atoms with Gasteiger partial charge in [0.05, 0.1) is 11.9 Å². The third kappa shape index (κ3) is 5.39. The number of anilines is 1. The Morgan fingerprint density at radius 3 is 2.73 bits per heavy atom. The van der Waals surface area contributed by atoms with Crippen molar-refractivity contribution in [1.29, 1.82) is 0 Å². The molecule has 0 radical (unpaired) electrons. The molecule has 1 amide bonds. The van der Waals surface area contributed by atoms with Gasteiger partial charge in [-0.2, -0.15) is 0 Å². The molecule has 3 aromatic rings. The van der Waals surface area contributed by atoms with E-state index in [-0.39, 0.29) is 48.6 Å². The fourth-order valence-corrected chi connectivity index (χ4v) is 3.34. The summed E-state index contributed by atoms with van der Waals surface area (Å²) in [5.41, 5.74) is 3.99. The first kappa shape index (κ1) is 23.9. The van der Waals surface area contributed by atoms with Crippen LogP contribution in [0.1, 0.15) is 29.0 Å². The zero-order valence-electron chi connectivity index (χ0n) is 16.5. The number of rotatable bonds is 5. The molecule has 4 rings (SSSR count). The molecule has 1 aliphatic heterocycles. The van der Waals surface area contributed by atoms with E-state index in [1.807, 2.05) is 37.3 Å². The van der Waals surface area contributed by atoms with Crippen molar-refractivity contribution in [1.82, 2.24) is 10.3 Å². The van der Waals surface area contributed by atoms with Crippen molar-refractivity contribution in [2.75, 3.05) is 11.9 Å². The summed E-state index contributed by atoms with van der Waals surface area (Å²) in [6.07, 6.45) is 2.82. The first-order chi connectivity index (χ1) is 13.6. The minimum atomic E-state index is -0.329. The lowest BCUT2D eigenvalue weighted by atomic mass is 9.99. The Labute approximate surface area is 187 Å². The lowest BCUT2D eigenvalue weighted by molar-refractivity contribution is -0.116. The second kappa shape index (κ2) is 10.6. The van der Waals surface area contributed by atoms with E-state index in [0.717, 1.165) is 17.7 Å². The predicted molar refractivity (Wildman–Crippen MR) is 120 cm³/mol. The van der Waals surface area contributed by atoms with Crippen LogP contribution >= 0.6 is 24.8 Å². The molecule has 5 nitrogen and oxygen atoms in total. The summed E-state index contributed by atoms with van der Waals surface area (Å²) in [7, 11) is 0. The molecule has 160 valence electrons. The molecule has 0 saturated heterocycles. The molecule has 0 bridgehead atoms. The maximum Gasteiger partial charge on any atom is 0.224 e. The van der Waals surface area contributed by atoms with Gasteiger partial charge in [0, 0.05) is 24.9 Å². The Morgan fingerprint density at radius 1 is 1.20 bits per heavy atom. The van der Waals surface area contributed by atoms with Crippen LogP contribution in [0.3, 0.4) is 0 Å². The number of carbonyl (C=O) groups is 1. The molecule has 0 spiro atoms. The largest absolute Gasteiger partial charge is 0.441 e. The number of carbonyl (C=O) groups excluding carboxylic acids is 1. The zero-order valence-corrected chi connectivity index (χ0v) is 18.2. The quantitative estimate of drug-likeness (QED) is 0.581. The molecule has 2 heterocycles. The Kier molecular flexibility index (Phi) is 8.41. The number of nitrogens with one attached hydrogen (secondary N) is 2. The van der Waals surface area contributed by atoms with Gasteiger partial charge in [-0.15, -0.1) is 24.8 Å². The summed E-state index contributed by atoms with van der Waals surface area (Å²) in [5, 5.41) is 5.88. The molecule has 0 saturated carbocycles. The Hall–Kier alpha value is -2.41. The Balaban J connectivity index is 0.00000160. The van der Waals surface area contributed by atoms with Gasteiger partial charge in [0.15, 0.2) is 11.7 Å². The van der Waals surface area contributed by atoms with E-state index in [0.29, 0.717) is 36.6 Å². The van der Waals surface area contributed by atoms with Gasteiger partial charge in [0.1, 0.15) is 5.82 Å². The number of amides is 1. The van der Waals surface area contributed by atoms with E-state index in [4.69, 9.17) is 4.42 Å². The third-order valence-corrected chi connectivity index (χ3v) is 4.94.